The van der Waals surface area contributed by atoms with Crippen molar-refractivity contribution in [1.29, 1.82) is 0 Å². The lowest BCUT2D eigenvalue weighted by molar-refractivity contribution is 0.565. The van der Waals surface area contributed by atoms with Crippen molar-refractivity contribution in [2.24, 2.45) is 0 Å². The number of hydrogen-bond acceptors (Lipinski definition) is 3. The Labute approximate surface area is 206 Å². The molecule has 1 aliphatic heterocycles. The van der Waals surface area contributed by atoms with Crippen molar-refractivity contribution in [3.8, 4) is 5.82 Å². The van der Waals surface area contributed by atoms with Crippen molar-refractivity contribution in [3.05, 3.63) is 107 Å². The van der Waals surface area contributed by atoms with Gasteiger partial charge < -0.3 is 14.8 Å². The van der Waals surface area contributed by atoms with E-state index in [1.165, 1.54) is 11.1 Å². The molecule has 34 heavy (non-hydrogen) atoms. The van der Waals surface area contributed by atoms with Gasteiger partial charge >= 0.3 is 0 Å². The van der Waals surface area contributed by atoms with E-state index in [1.54, 1.807) is 0 Å². The van der Waals surface area contributed by atoms with Crippen molar-refractivity contribution in [2.45, 2.75) is 45.7 Å². The van der Waals surface area contributed by atoms with Crippen LogP contribution >= 0.6 is 12.2 Å². The highest BCUT2D eigenvalue weighted by Gasteiger charge is 2.42. The Kier molecular flexibility index (Phi) is 5.92. The Balaban J connectivity index is 1.65. The topological polar surface area (TPSA) is 46.0 Å². The Hall–Kier alpha value is -3.51. The molecule has 0 aliphatic carbocycles. The minimum atomic E-state index is -0.0730. The van der Waals surface area contributed by atoms with Crippen molar-refractivity contribution >= 4 is 23.0 Å². The van der Waals surface area contributed by atoms with Crippen LogP contribution < -0.4 is 10.2 Å². The van der Waals surface area contributed by atoms with E-state index in [0.717, 1.165) is 28.6 Å². The van der Waals surface area contributed by atoms with Crippen LogP contribution in [0, 0.1) is 13.8 Å². The van der Waals surface area contributed by atoms with Crippen molar-refractivity contribution in [1.82, 2.24) is 19.9 Å². The predicted octanol–water partition coefficient (Wildman–Crippen LogP) is 6.18. The average molecular weight is 468 g/mol. The molecule has 4 heterocycles. The summed E-state index contributed by atoms with van der Waals surface area (Å²) in [6, 6.07) is 22.9. The summed E-state index contributed by atoms with van der Waals surface area (Å²) in [6.45, 7) is 8.71. The second kappa shape index (κ2) is 9.03. The summed E-state index contributed by atoms with van der Waals surface area (Å²) in [5.41, 5.74) is 6.86. The number of thiocarbonyl (C=S) groups is 1. The zero-order valence-electron chi connectivity index (χ0n) is 19.9. The second-order valence-electron chi connectivity index (χ2n) is 9.09. The van der Waals surface area contributed by atoms with Gasteiger partial charge in [-0.25, -0.2) is 4.98 Å². The van der Waals surface area contributed by atoms with Crippen LogP contribution in [0.25, 0.3) is 5.82 Å². The van der Waals surface area contributed by atoms with Crippen molar-refractivity contribution < 1.29 is 0 Å². The first-order valence-corrected chi connectivity index (χ1v) is 12.1. The SMILES string of the molecule is Cc1cc([C@H]2[C@@H](c3ccccn3)NC(=S)N2c2ccc(C(C)C)cc2)c(C)n1-c1ccccn1. The van der Waals surface area contributed by atoms with Gasteiger partial charge in [-0.05, 0) is 85.6 Å². The summed E-state index contributed by atoms with van der Waals surface area (Å²) >= 11 is 5.91. The predicted molar refractivity (Wildman–Crippen MR) is 142 cm³/mol. The van der Waals surface area contributed by atoms with Gasteiger partial charge in [-0.15, -0.1) is 0 Å². The highest BCUT2D eigenvalue weighted by atomic mass is 32.1. The zero-order chi connectivity index (χ0) is 23.8. The maximum absolute atomic E-state index is 5.91. The molecule has 4 aromatic rings. The number of pyridine rings is 2. The molecule has 1 fully saturated rings. The Bertz CT molecular complexity index is 1300. The summed E-state index contributed by atoms with van der Waals surface area (Å²) in [5.74, 6) is 1.39. The van der Waals surface area contributed by atoms with Gasteiger partial charge in [0.2, 0.25) is 0 Å². The molecule has 5 rings (SSSR count). The number of anilines is 1. The lowest BCUT2D eigenvalue weighted by Crippen LogP contribution is -2.29. The van der Waals surface area contributed by atoms with Gasteiger partial charge in [0.15, 0.2) is 5.11 Å². The van der Waals surface area contributed by atoms with Gasteiger partial charge in [-0.2, -0.15) is 0 Å². The fourth-order valence-corrected chi connectivity index (χ4v) is 5.24. The molecule has 1 aliphatic rings. The summed E-state index contributed by atoms with van der Waals surface area (Å²) < 4.78 is 2.21. The van der Waals surface area contributed by atoms with Crippen LogP contribution in [0.3, 0.4) is 0 Å². The third-order valence-electron chi connectivity index (χ3n) is 6.60. The standard InChI is InChI=1S/C28H29N5S/c1-18(2)21-11-13-22(14-12-21)33-27(26(31-28(33)34)24-9-5-7-15-29-24)23-17-19(3)32(20(23)4)25-10-6-8-16-30-25/h5-18,26-27H,1-4H3,(H,31,34)/t26-,27+/m1/s1. The largest absolute Gasteiger partial charge is 0.351 e. The second-order valence-corrected chi connectivity index (χ2v) is 9.48. The van der Waals surface area contributed by atoms with Crippen LogP contribution in [0.2, 0.25) is 0 Å². The molecule has 1 saturated heterocycles. The minimum absolute atomic E-state index is 0.0454. The first kappa shape index (κ1) is 22.3. The summed E-state index contributed by atoms with van der Waals surface area (Å²) in [6.07, 6.45) is 3.67. The number of rotatable bonds is 5. The maximum atomic E-state index is 5.91. The van der Waals surface area contributed by atoms with Crippen LogP contribution in [0.1, 0.15) is 60.1 Å². The normalized spacial score (nSPS) is 17.9. The molecule has 0 bridgehead atoms. The van der Waals surface area contributed by atoms with Crippen molar-refractivity contribution in [3.63, 3.8) is 0 Å². The van der Waals surface area contributed by atoms with E-state index >= 15 is 0 Å². The van der Waals surface area contributed by atoms with Crippen LogP contribution in [0.4, 0.5) is 5.69 Å². The number of aromatic nitrogens is 3. The third-order valence-corrected chi connectivity index (χ3v) is 6.92. The fourth-order valence-electron chi connectivity index (χ4n) is 4.89. The molecule has 172 valence electrons. The molecule has 0 saturated carbocycles. The first-order valence-electron chi connectivity index (χ1n) is 11.7. The highest BCUT2D eigenvalue weighted by molar-refractivity contribution is 7.80. The maximum Gasteiger partial charge on any atom is 0.174 e. The number of aryl methyl sites for hydroxylation is 1. The Morgan fingerprint density at radius 2 is 1.62 bits per heavy atom. The average Bonchev–Trinajstić information content (AvgIpc) is 3.35. The summed E-state index contributed by atoms with van der Waals surface area (Å²) in [5, 5.41) is 4.28. The van der Waals surface area contributed by atoms with E-state index < -0.39 is 0 Å². The number of nitrogens with one attached hydrogen (secondary N) is 1. The van der Waals surface area contributed by atoms with E-state index in [4.69, 9.17) is 12.2 Å². The lowest BCUT2D eigenvalue weighted by atomic mass is 9.96. The third kappa shape index (κ3) is 3.88. The molecule has 5 nitrogen and oxygen atoms in total. The summed E-state index contributed by atoms with van der Waals surface area (Å²) in [4.78, 5) is 11.5. The van der Waals surface area contributed by atoms with E-state index in [2.05, 4.69) is 88.8 Å². The minimum Gasteiger partial charge on any atom is -0.351 e. The van der Waals surface area contributed by atoms with Gasteiger partial charge in [-0.3, -0.25) is 4.98 Å². The van der Waals surface area contributed by atoms with Gasteiger partial charge in [0, 0.05) is 29.5 Å². The smallest absolute Gasteiger partial charge is 0.174 e. The lowest BCUT2D eigenvalue weighted by Gasteiger charge is -2.28. The molecular formula is C28H29N5S. The van der Waals surface area contributed by atoms with Gasteiger partial charge in [-0.1, -0.05) is 38.1 Å². The van der Waals surface area contributed by atoms with E-state index in [1.807, 2.05) is 42.7 Å². The van der Waals surface area contributed by atoms with Gasteiger partial charge in [0.05, 0.1) is 17.8 Å². The van der Waals surface area contributed by atoms with E-state index in [9.17, 15) is 0 Å². The number of benzene rings is 1. The van der Waals surface area contributed by atoms with Crippen LogP contribution in [-0.2, 0) is 0 Å². The molecule has 0 radical (unpaired) electrons. The van der Waals surface area contributed by atoms with Crippen LogP contribution in [0.5, 0.6) is 0 Å². The molecule has 0 spiro atoms. The number of hydrogen-bond donors (Lipinski definition) is 1. The van der Waals surface area contributed by atoms with Gasteiger partial charge in [0.1, 0.15) is 5.82 Å². The monoisotopic (exact) mass is 467 g/mol. The Morgan fingerprint density at radius 3 is 2.24 bits per heavy atom. The molecule has 0 unspecified atom stereocenters. The van der Waals surface area contributed by atoms with Crippen LogP contribution in [-0.4, -0.2) is 19.6 Å². The van der Waals surface area contributed by atoms with Crippen LogP contribution in [0.15, 0.2) is 79.1 Å². The first-order chi connectivity index (χ1) is 16.5. The van der Waals surface area contributed by atoms with E-state index in [-0.39, 0.29) is 12.1 Å². The quantitative estimate of drug-likeness (QED) is 0.355. The zero-order valence-corrected chi connectivity index (χ0v) is 20.8. The molecule has 0 amide bonds. The van der Waals surface area contributed by atoms with Crippen molar-refractivity contribution in [2.75, 3.05) is 4.90 Å². The Morgan fingerprint density at radius 1 is 0.912 bits per heavy atom. The molecule has 3 aromatic heterocycles. The molecule has 1 N–H and O–H groups in total. The number of nitrogens with zero attached hydrogens (tertiary/aromatic N) is 4. The molecule has 2 atom stereocenters. The highest BCUT2D eigenvalue weighted by Crippen LogP contribution is 2.43. The summed E-state index contributed by atoms with van der Waals surface area (Å²) in [7, 11) is 0. The molecular weight excluding hydrogens is 438 g/mol. The fraction of sp³-hybridized carbons (Fsp3) is 0.250. The van der Waals surface area contributed by atoms with Gasteiger partial charge in [0.25, 0.3) is 0 Å². The molecule has 1 aromatic carbocycles. The molecule has 6 heteroatoms. The van der Waals surface area contributed by atoms with E-state index in [0.29, 0.717) is 11.0 Å².